The molecule has 0 aliphatic carbocycles. The van der Waals surface area contributed by atoms with Crippen LogP contribution in [0.1, 0.15) is 23.0 Å². The molecule has 30 heavy (non-hydrogen) atoms. The van der Waals surface area contributed by atoms with Crippen molar-refractivity contribution in [2.75, 3.05) is 13.7 Å². The van der Waals surface area contributed by atoms with Gasteiger partial charge in [0.25, 0.3) is 0 Å². The number of methoxy groups -OCH3 is 1. The first-order valence-electron chi connectivity index (χ1n) is 10.1. The number of hydrogen-bond acceptors (Lipinski definition) is 5. The maximum Gasteiger partial charge on any atom is 0.165 e. The Balaban J connectivity index is 1.48. The normalized spacial score (nSPS) is 13.9. The zero-order valence-corrected chi connectivity index (χ0v) is 16.8. The molecular weight excluding hydrogens is 374 g/mol. The summed E-state index contributed by atoms with van der Waals surface area (Å²) >= 11 is 0. The molecule has 1 aliphatic rings. The highest BCUT2D eigenvalue weighted by Gasteiger charge is 2.29. The van der Waals surface area contributed by atoms with E-state index in [1.54, 1.807) is 13.3 Å². The molecule has 0 radical (unpaired) electrons. The maximum atomic E-state index is 5.32. The van der Waals surface area contributed by atoms with Gasteiger partial charge in [-0.05, 0) is 17.2 Å². The second-order valence-electron chi connectivity index (χ2n) is 7.40. The Kier molecular flexibility index (Phi) is 4.99. The third-order valence-corrected chi connectivity index (χ3v) is 5.59. The van der Waals surface area contributed by atoms with Crippen molar-refractivity contribution < 1.29 is 4.74 Å². The molecule has 0 bridgehead atoms. The monoisotopic (exact) mass is 397 g/mol. The van der Waals surface area contributed by atoms with Gasteiger partial charge in [-0.1, -0.05) is 60.7 Å². The molecule has 2 aromatic carbocycles. The van der Waals surface area contributed by atoms with Crippen LogP contribution >= 0.6 is 0 Å². The molecule has 3 heterocycles. The lowest BCUT2D eigenvalue weighted by Gasteiger charge is -2.35. The molecule has 0 fully saturated rings. The third-order valence-electron chi connectivity index (χ3n) is 5.59. The average molecular weight is 397 g/mol. The largest absolute Gasteiger partial charge is 0.495 e. The maximum absolute atomic E-state index is 5.32. The van der Waals surface area contributed by atoms with E-state index in [1.807, 2.05) is 12.3 Å². The molecule has 0 amide bonds. The Morgan fingerprint density at radius 2 is 1.57 bits per heavy atom. The molecule has 0 unspecified atom stereocenters. The van der Waals surface area contributed by atoms with Crippen LogP contribution in [-0.2, 0) is 13.1 Å². The molecule has 0 saturated heterocycles. The van der Waals surface area contributed by atoms with E-state index < -0.39 is 0 Å². The standard InChI is InChI=1S/C24H23N5O/c1-30-21-14-20(15-25-16-21)24-27-26-22-17-28(12-13-29(22)24)23(18-8-4-2-5-9-18)19-10-6-3-7-11-19/h2-11,14-16,23H,12-13,17H2,1H3. The molecule has 0 saturated carbocycles. The molecule has 150 valence electrons. The predicted molar refractivity (Wildman–Crippen MR) is 115 cm³/mol. The topological polar surface area (TPSA) is 56.1 Å². The summed E-state index contributed by atoms with van der Waals surface area (Å²) in [5.74, 6) is 2.53. The zero-order valence-electron chi connectivity index (χ0n) is 16.8. The molecule has 4 aromatic rings. The Morgan fingerprint density at radius 1 is 0.867 bits per heavy atom. The highest BCUT2D eigenvalue weighted by Crippen LogP contribution is 2.32. The summed E-state index contributed by atoms with van der Waals surface area (Å²) in [7, 11) is 1.64. The molecule has 0 atom stereocenters. The first-order chi connectivity index (χ1) is 14.8. The van der Waals surface area contributed by atoms with Crippen molar-refractivity contribution in [2.45, 2.75) is 19.1 Å². The van der Waals surface area contributed by atoms with Crippen LogP contribution < -0.4 is 4.74 Å². The van der Waals surface area contributed by atoms with Gasteiger partial charge in [0.2, 0.25) is 0 Å². The summed E-state index contributed by atoms with van der Waals surface area (Å²) in [5.41, 5.74) is 3.49. The average Bonchev–Trinajstić information content (AvgIpc) is 3.24. The van der Waals surface area contributed by atoms with E-state index in [0.717, 1.165) is 42.6 Å². The minimum atomic E-state index is 0.180. The summed E-state index contributed by atoms with van der Waals surface area (Å²) in [6.07, 6.45) is 3.51. The molecule has 2 aromatic heterocycles. The van der Waals surface area contributed by atoms with Gasteiger partial charge < -0.3 is 9.30 Å². The van der Waals surface area contributed by atoms with Crippen LogP contribution in [-0.4, -0.2) is 38.3 Å². The third kappa shape index (κ3) is 3.46. The van der Waals surface area contributed by atoms with Crippen LogP contribution in [0.15, 0.2) is 79.1 Å². The fourth-order valence-corrected chi connectivity index (χ4v) is 4.15. The van der Waals surface area contributed by atoms with Crippen molar-refractivity contribution in [3.63, 3.8) is 0 Å². The van der Waals surface area contributed by atoms with Crippen LogP contribution in [0.3, 0.4) is 0 Å². The molecule has 6 nitrogen and oxygen atoms in total. The molecular formula is C24H23N5O. The number of ether oxygens (including phenoxy) is 1. The summed E-state index contributed by atoms with van der Waals surface area (Å²) < 4.78 is 7.51. The van der Waals surface area contributed by atoms with E-state index in [9.17, 15) is 0 Å². The van der Waals surface area contributed by atoms with Crippen molar-refractivity contribution in [2.24, 2.45) is 0 Å². The van der Waals surface area contributed by atoms with Gasteiger partial charge in [0.1, 0.15) is 11.6 Å². The summed E-state index contributed by atoms with van der Waals surface area (Å²) in [4.78, 5) is 6.74. The van der Waals surface area contributed by atoms with Gasteiger partial charge in [0.05, 0.1) is 25.9 Å². The second kappa shape index (κ2) is 8.08. The molecule has 5 rings (SSSR count). The van der Waals surface area contributed by atoms with Gasteiger partial charge in [-0.15, -0.1) is 10.2 Å². The summed E-state index contributed by atoms with van der Waals surface area (Å²) in [6.45, 7) is 2.47. The number of nitrogens with zero attached hydrogens (tertiary/aromatic N) is 5. The van der Waals surface area contributed by atoms with Crippen LogP contribution in [0.5, 0.6) is 5.75 Å². The van der Waals surface area contributed by atoms with Crippen molar-refractivity contribution in [1.82, 2.24) is 24.6 Å². The first kappa shape index (κ1) is 18.5. The van der Waals surface area contributed by atoms with Crippen molar-refractivity contribution in [3.05, 3.63) is 96.1 Å². The Bertz CT molecular complexity index is 1090. The predicted octanol–water partition coefficient (Wildman–Crippen LogP) is 3.95. The molecule has 6 heteroatoms. The van der Waals surface area contributed by atoms with Gasteiger partial charge in [-0.2, -0.15) is 0 Å². The Hall–Kier alpha value is -3.51. The number of hydrogen-bond donors (Lipinski definition) is 0. The van der Waals surface area contributed by atoms with Gasteiger partial charge in [-0.25, -0.2) is 0 Å². The lowest BCUT2D eigenvalue weighted by atomic mass is 9.96. The quantitative estimate of drug-likeness (QED) is 0.510. The number of pyridine rings is 1. The number of aromatic nitrogens is 4. The number of rotatable bonds is 5. The second-order valence-corrected chi connectivity index (χ2v) is 7.40. The zero-order chi connectivity index (χ0) is 20.3. The summed E-state index contributed by atoms with van der Waals surface area (Å²) in [5, 5.41) is 8.98. The lowest BCUT2D eigenvalue weighted by molar-refractivity contribution is 0.176. The molecule has 0 spiro atoms. The van der Waals surface area contributed by atoms with Crippen LogP contribution in [0, 0.1) is 0 Å². The minimum absolute atomic E-state index is 0.180. The van der Waals surface area contributed by atoms with Gasteiger partial charge >= 0.3 is 0 Å². The summed E-state index contributed by atoms with van der Waals surface area (Å²) in [6, 6.07) is 23.5. The Morgan fingerprint density at radius 3 is 2.23 bits per heavy atom. The van der Waals surface area contributed by atoms with E-state index in [-0.39, 0.29) is 6.04 Å². The van der Waals surface area contributed by atoms with Gasteiger partial charge in [-0.3, -0.25) is 9.88 Å². The highest BCUT2D eigenvalue weighted by molar-refractivity contribution is 5.56. The SMILES string of the molecule is COc1cncc(-c2nnc3n2CCN(C(c2ccccc2)c2ccccc2)C3)c1. The van der Waals surface area contributed by atoms with Crippen LogP contribution in [0.2, 0.25) is 0 Å². The fraction of sp³-hybridized carbons (Fsp3) is 0.208. The van der Waals surface area contributed by atoms with E-state index in [0.29, 0.717) is 0 Å². The Labute approximate surface area is 175 Å². The fourth-order valence-electron chi connectivity index (χ4n) is 4.15. The van der Waals surface area contributed by atoms with Gasteiger partial charge in [0, 0.05) is 24.8 Å². The van der Waals surface area contributed by atoms with E-state index in [2.05, 4.69) is 85.3 Å². The number of fused-ring (bicyclic) bond motifs is 1. The smallest absolute Gasteiger partial charge is 0.165 e. The van der Waals surface area contributed by atoms with Crippen molar-refractivity contribution in [1.29, 1.82) is 0 Å². The van der Waals surface area contributed by atoms with E-state index in [4.69, 9.17) is 4.74 Å². The molecule has 1 aliphatic heterocycles. The van der Waals surface area contributed by atoms with Gasteiger partial charge in [0.15, 0.2) is 5.82 Å². The van der Waals surface area contributed by atoms with Crippen LogP contribution in [0.25, 0.3) is 11.4 Å². The first-order valence-corrected chi connectivity index (χ1v) is 10.1. The lowest BCUT2D eigenvalue weighted by Crippen LogP contribution is -2.37. The van der Waals surface area contributed by atoms with E-state index in [1.165, 1.54) is 11.1 Å². The van der Waals surface area contributed by atoms with Crippen LogP contribution in [0.4, 0.5) is 0 Å². The highest BCUT2D eigenvalue weighted by atomic mass is 16.5. The molecule has 0 N–H and O–H groups in total. The van der Waals surface area contributed by atoms with Crippen molar-refractivity contribution in [3.8, 4) is 17.1 Å². The van der Waals surface area contributed by atoms with Crippen molar-refractivity contribution >= 4 is 0 Å². The number of benzene rings is 2. The van der Waals surface area contributed by atoms with E-state index >= 15 is 0 Å². The minimum Gasteiger partial charge on any atom is -0.495 e.